The maximum atomic E-state index is 5.75. The molecule has 2 aromatic rings. The Hall–Kier alpha value is -1.36. The number of halogens is 1. The molecule has 0 radical (unpaired) electrons. The molecule has 18 heavy (non-hydrogen) atoms. The molecule has 0 aliphatic rings. The standard InChI is InChI=1S/C13H16BrN3O/c1-2-7-18-13-6-4-11(14)8-10(13)3-5-12-9-15-17-16-12/h4,6,8-9H,2-3,5,7H2,1H3,(H,15,16,17). The lowest BCUT2D eigenvalue weighted by atomic mass is 10.1. The highest BCUT2D eigenvalue weighted by Gasteiger charge is 2.06. The summed E-state index contributed by atoms with van der Waals surface area (Å²) in [5.41, 5.74) is 2.16. The Morgan fingerprint density at radius 2 is 2.22 bits per heavy atom. The van der Waals surface area contributed by atoms with Gasteiger partial charge in [0.2, 0.25) is 0 Å². The van der Waals surface area contributed by atoms with Gasteiger partial charge in [-0.05, 0) is 43.0 Å². The van der Waals surface area contributed by atoms with Crippen LogP contribution in [-0.2, 0) is 12.8 Å². The summed E-state index contributed by atoms with van der Waals surface area (Å²) in [6.45, 7) is 2.85. The van der Waals surface area contributed by atoms with Crippen LogP contribution in [-0.4, -0.2) is 22.0 Å². The summed E-state index contributed by atoms with van der Waals surface area (Å²) in [7, 11) is 0. The van der Waals surface area contributed by atoms with Crippen molar-refractivity contribution in [2.75, 3.05) is 6.61 Å². The van der Waals surface area contributed by atoms with Gasteiger partial charge in [0.25, 0.3) is 0 Å². The summed E-state index contributed by atoms with van der Waals surface area (Å²) in [5.74, 6) is 0.962. The van der Waals surface area contributed by atoms with Crippen LogP contribution in [0.3, 0.4) is 0 Å². The molecule has 2 rings (SSSR count). The first-order valence-corrected chi connectivity index (χ1v) is 6.84. The van der Waals surface area contributed by atoms with E-state index < -0.39 is 0 Å². The predicted molar refractivity (Wildman–Crippen MR) is 73.7 cm³/mol. The van der Waals surface area contributed by atoms with Crippen LogP contribution in [0.4, 0.5) is 0 Å². The lowest BCUT2D eigenvalue weighted by Crippen LogP contribution is -2.00. The largest absolute Gasteiger partial charge is 0.493 e. The quantitative estimate of drug-likeness (QED) is 0.892. The Morgan fingerprint density at radius 1 is 1.33 bits per heavy atom. The third kappa shape index (κ3) is 3.57. The molecule has 96 valence electrons. The van der Waals surface area contributed by atoms with Gasteiger partial charge in [0.1, 0.15) is 5.75 Å². The predicted octanol–water partition coefficient (Wildman–Crippen LogP) is 3.14. The number of aryl methyl sites for hydroxylation is 2. The molecule has 0 fully saturated rings. The van der Waals surface area contributed by atoms with E-state index in [0.29, 0.717) is 0 Å². The van der Waals surface area contributed by atoms with Gasteiger partial charge >= 0.3 is 0 Å². The molecule has 5 heteroatoms. The number of hydrogen-bond acceptors (Lipinski definition) is 3. The fourth-order valence-electron chi connectivity index (χ4n) is 1.70. The van der Waals surface area contributed by atoms with Crippen LogP contribution in [0.25, 0.3) is 0 Å². The molecular formula is C13H16BrN3O. The number of nitrogens with one attached hydrogen (secondary N) is 1. The maximum Gasteiger partial charge on any atom is 0.122 e. The summed E-state index contributed by atoms with van der Waals surface area (Å²) < 4.78 is 6.82. The summed E-state index contributed by atoms with van der Waals surface area (Å²) in [5, 5.41) is 10.5. The average Bonchev–Trinajstić information content (AvgIpc) is 2.88. The molecule has 1 N–H and O–H groups in total. The van der Waals surface area contributed by atoms with Crippen LogP contribution in [0.5, 0.6) is 5.75 Å². The molecule has 1 aromatic carbocycles. The van der Waals surface area contributed by atoms with E-state index in [-0.39, 0.29) is 0 Å². The van der Waals surface area contributed by atoms with E-state index in [0.717, 1.165) is 41.8 Å². The van der Waals surface area contributed by atoms with Gasteiger partial charge in [-0.25, -0.2) is 0 Å². The van der Waals surface area contributed by atoms with Crippen molar-refractivity contribution in [2.45, 2.75) is 26.2 Å². The molecule has 0 spiro atoms. The minimum absolute atomic E-state index is 0.749. The normalized spacial score (nSPS) is 10.6. The summed E-state index contributed by atoms with van der Waals surface area (Å²) in [6.07, 6.45) is 4.52. The molecule has 4 nitrogen and oxygen atoms in total. The first-order valence-electron chi connectivity index (χ1n) is 6.05. The van der Waals surface area contributed by atoms with Gasteiger partial charge in [-0.2, -0.15) is 15.4 Å². The van der Waals surface area contributed by atoms with Gasteiger partial charge in [0.15, 0.2) is 0 Å². The minimum Gasteiger partial charge on any atom is -0.493 e. The van der Waals surface area contributed by atoms with E-state index in [9.17, 15) is 0 Å². The fraction of sp³-hybridized carbons (Fsp3) is 0.385. The maximum absolute atomic E-state index is 5.75. The highest BCUT2D eigenvalue weighted by atomic mass is 79.9. The molecule has 0 saturated carbocycles. The second-order valence-corrected chi connectivity index (χ2v) is 4.98. The van der Waals surface area contributed by atoms with Crippen LogP contribution in [0, 0.1) is 0 Å². The first-order chi connectivity index (χ1) is 8.79. The van der Waals surface area contributed by atoms with Crippen LogP contribution < -0.4 is 4.74 Å². The molecule has 0 amide bonds. The smallest absolute Gasteiger partial charge is 0.122 e. The zero-order valence-corrected chi connectivity index (χ0v) is 11.9. The number of ether oxygens (including phenoxy) is 1. The molecule has 0 bridgehead atoms. The van der Waals surface area contributed by atoms with Crippen molar-refractivity contribution in [2.24, 2.45) is 0 Å². The monoisotopic (exact) mass is 309 g/mol. The zero-order valence-electron chi connectivity index (χ0n) is 10.3. The summed E-state index contributed by atoms with van der Waals surface area (Å²) in [4.78, 5) is 0. The molecule has 0 aliphatic carbocycles. The van der Waals surface area contributed by atoms with Crippen molar-refractivity contribution in [1.29, 1.82) is 0 Å². The van der Waals surface area contributed by atoms with Gasteiger partial charge in [0, 0.05) is 4.47 Å². The molecule has 1 aromatic heterocycles. The number of H-pyrrole nitrogens is 1. The van der Waals surface area contributed by atoms with Gasteiger partial charge in [-0.15, -0.1) is 0 Å². The highest BCUT2D eigenvalue weighted by Crippen LogP contribution is 2.24. The van der Waals surface area contributed by atoms with E-state index in [4.69, 9.17) is 4.74 Å². The average molecular weight is 310 g/mol. The van der Waals surface area contributed by atoms with E-state index in [1.807, 2.05) is 12.1 Å². The van der Waals surface area contributed by atoms with Crippen LogP contribution >= 0.6 is 15.9 Å². The van der Waals surface area contributed by atoms with Crippen LogP contribution in [0.1, 0.15) is 24.6 Å². The number of nitrogens with zero attached hydrogens (tertiary/aromatic N) is 2. The molecular weight excluding hydrogens is 294 g/mol. The molecule has 0 atom stereocenters. The molecule has 0 unspecified atom stereocenters. The Labute approximate surface area is 115 Å². The number of hydrogen-bond donors (Lipinski definition) is 1. The SMILES string of the molecule is CCCOc1ccc(Br)cc1CCc1cn[nH]n1. The first kappa shape index (κ1) is 13.1. The molecule has 1 heterocycles. The Balaban J connectivity index is 2.06. The fourth-order valence-corrected chi connectivity index (χ4v) is 2.11. The highest BCUT2D eigenvalue weighted by molar-refractivity contribution is 9.10. The van der Waals surface area contributed by atoms with Crippen LogP contribution in [0.2, 0.25) is 0 Å². The minimum atomic E-state index is 0.749. The van der Waals surface area contributed by atoms with Crippen molar-refractivity contribution in [3.63, 3.8) is 0 Å². The van der Waals surface area contributed by atoms with Crippen LogP contribution in [0.15, 0.2) is 28.9 Å². The third-order valence-corrected chi connectivity index (χ3v) is 3.09. The second-order valence-electron chi connectivity index (χ2n) is 4.06. The van der Waals surface area contributed by atoms with Crippen molar-refractivity contribution >= 4 is 15.9 Å². The second kappa shape index (κ2) is 6.54. The van der Waals surface area contributed by atoms with E-state index in [2.05, 4.69) is 44.3 Å². The van der Waals surface area contributed by atoms with Crippen molar-refractivity contribution < 1.29 is 4.74 Å². The van der Waals surface area contributed by atoms with Gasteiger partial charge in [-0.1, -0.05) is 22.9 Å². The Morgan fingerprint density at radius 3 is 2.94 bits per heavy atom. The Kier molecular flexibility index (Phi) is 4.75. The lowest BCUT2D eigenvalue weighted by molar-refractivity contribution is 0.314. The molecule has 0 saturated heterocycles. The Bertz CT molecular complexity index is 485. The van der Waals surface area contributed by atoms with Gasteiger partial charge in [-0.3, -0.25) is 0 Å². The van der Waals surface area contributed by atoms with Gasteiger partial charge in [0.05, 0.1) is 18.5 Å². The topological polar surface area (TPSA) is 50.8 Å². The molecule has 0 aliphatic heterocycles. The summed E-state index contributed by atoms with van der Waals surface area (Å²) >= 11 is 3.49. The number of aromatic amines is 1. The van der Waals surface area contributed by atoms with E-state index in [1.54, 1.807) is 6.20 Å². The van der Waals surface area contributed by atoms with E-state index >= 15 is 0 Å². The number of rotatable bonds is 6. The van der Waals surface area contributed by atoms with E-state index in [1.165, 1.54) is 5.56 Å². The van der Waals surface area contributed by atoms with Crippen molar-refractivity contribution in [1.82, 2.24) is 15.4 Å². The number of aromatic nitrogens is 3. The summed E-state index contributed by atoms with van der Waals surface area (Å²) in [6, 6.07) is 6.12. The lowest BCUT2D eigenvalue weighted by Gasteiger charge is -2.10. The van der Waals surface area contributed by atoms with Crippen molar-refractivity contribution in [3.05, 3.63) is 40.1 Å². The number of benzene rings is 1. The van der Waals surface area contributed by atoms with Gasteiger partial charge < -0.3 is 4.74 Å². The zero-order chi connectivity index (χ0) is 12.8. The third-order valence-electron chi connectivity index (χ3n) is 2.60. The van der Waals surface area contributed by atoms with Crippen molar-refractivity contribution in [3.8, 4) is 5.75 Å².